The van der Waals surface area contributed by atoms with Gasteiger partial charge in [0.1, 0.15) is 0 Å². The molecule has 4 unspecified atom stereocenters. The number of fused-ring (bicyclic) bond motifs is 16. The molecule has 4 aliphatic rings. The van der Waals surface area contributed by atoms with Gasteiger partial charge in [-0.2, -0.15) is 0 Å². The number of carboxylic acids is 4. The number of aliphatic hydroxyl groups excluding tert-OH is 2. The number of H-pyrrole nitrogens is 4. The van der Waals surface area contributed by atoms with Crippen LogP contribution < -0.4 is 0 Å². The molecule has 16 bridgehead atoms. The summed E-state index contributed by atoms with van der Waals surface area (Å²) in [5.41, 5.74) is 22.4. The van der Waals surface area contributed by atoms with Crippen molar-refractivity contribution in [2.75, 3.05) is 0 Å². The third kappa shape index (κ3) is 12.4. The molecule has 88 heavy (non-hydrogen) atoms. The second-order valence-corrected chi connectivity index (χ2v) is 23.4. The van der Waals surface area contributed by atoms with Gasteiger partial charge in [0, 0.05) is 112 Å². The van der Waals surface area contributed by atoms with Crippen molar-refractivity contribution in [1.82, 2.24) is 39.9 Å². The van der Waals surface area contributed by atoms with E-state index in [1.807, 2.05) is 118 Å². The number of aliphatic hydroxyl groups is 2. The maximum atomic E-state index is 12.2. The number of aromatic amines is 4. The van der Waals surface area contributed by atoms with E-state index in [4.69, 9.17) is 24.7 Å². The molecule has 4 aliphatic heterocycles. The summed E-state index contributed by atoms with van der Waals surface area (Å²) in [6, 6.07) is 15.3. The van der Waals surface area contributed by atoms with Crippen LogP contribution in [0.2, 0.25) is 0 Å². The van der Waals surface area contributed by atoms with Crippen LogP contribution in [-0.2, 0) is 56.2 Å². The largest absolute Gasteiger partial charge is 0.481 e. The Bertz CT molecular complexity index is 4430. The molecule has 20 heteroatoms. The van der Waals surface area contributed by atoms with E-state index in [9.17, 15) is 49.8 Å². The quantitative estimate of drug-likeness (QED) is 0.0358. The molecule has 10 heterocycles. The molecule has 10 rings (SSSR count). The van der Waals surface area contributed by atoms with Crippen molar-refractivity contribution in [1.29, 1.82) is 0 Å². The average Bonchev–Trinajstić information content (AvgIpc) is 2.65. The molecular formula is C68H74N8O11Zn. The first-order valence-electron chi connectivity index (χ1n) is 29.4. The second-order valence-electron chi connectivity index (χ2n) is 23.4. The van der Waals surface area contributed by atoms with Gasteiger partial charge in [-0.25, -0.2) is 19.9 Å². The molecule has 0 fully saturated rings. The summed E-state index contributed by atoms with van der Waals surface area (Å²) in [7, 11) is 0. The number of nitrogens with zero attached hydrogens (tertiary/aromatic N) is 4. The summed E-state index contributed by atoms with van der Waals surface area (Å²) < 4.78 is 7.26. The molecule has 19 nitrogen and oxygen atoms in total. The van der Waals surface area contributed by atoms with Gasteiger partial charge in [-0.3, -0.25) is 19.2 Å². The van der Waals surface area contributed by atoms with Crippen molar-refractivity contribution in [2.24, 2.45) is 0 Å². The van der Waals surface area contributed by atoms with Gasteiger partial charge in [0.2, 0.25) is 0 Å². The van der Waals surface area contributed by atoms with Crippen LogP contribution in [-0.4, -0.2) is 107 Å². The first-order valence-corrected chi connectivity index (χ1v) is 29.4. The Hall–Kier alpha value is -8.42. The summed E-state index contributed by atoms with van der Waals surface area (Å²) in [6.07, 6.45) is -2.72. The fourth-order valence-electron chi connectivity index (χ4n) is 13.0. The zero-order valence-electron chi connectivity index (χ0n) is 51.8. The van der Waals surface area contributed by atoms with Crippen molar-refractivity contribution in [3.63, 3.8) is 0 Å². The van der Waals surface area contributed by atoms with E-state index in [0.29, 0.717) is 101 Å². The summed E-state index contributed by atoms with van der Waals surface area (Å²) in [6.45, 7) is 22.9. The zero-order chi connectivity index (χ0) is 62.8. The number of ether oxygens (including phenoxy) is 1. The molecule has 6 aromatic rings. The molecule has 6 aromatic heterocycles. The predicted molar refractivity (Wildman–Crippen MR) is 338 cm³/mol. The van der Waals surface area contributed by atoms with Crippen molar-refractivity contribution < 1.29 is 74.0 Å². The van der Waals surface area contributed by atoms with Crippen molar-refractivity contribution in [2.45, 2.75) is 159 Å². The van der Waals surface area contributed by atoms with E-state index >= 15 is 0 Å². The van der Waals surface area contributed by atoms with Crippen molar-refractivity contribution >= 4 is 113 Å². The fourth-order valence-corrected chi connectivity index (χ4v) is 13.0. The molecule has 0 saturated carbocycles. The first-order chi connectivity index (χ1) is 41.2. The number of carbonyl (C=O) groups is 4. The topological polar surface area (TPSA) is 314 Å². The molecule has 0 spiro atoms. The van der Waals surface area contributed by atoms with E-state index in [-0.39, 0.29) is 70.8 Å². The minimum Gasteiger partial charge on any atom is -0.481 e. The zero-order valence-corrected chi connectivity index (χ0v) is 54.8. The van der Waals surface area contributed by atoms with Gasteiger partial charge in [0.25, 0.3) is 0 Å². The number of hydrogen-bond acceptors (Lipinski definition) is 11. The van der Waals surface area contributed by atoms with Gasteiger partial charge >= 0.3 is 23.9 Å². The van der Waals surface area contributed by atoms with Crippen LogP contribution in [0.4, 0.5) is 0 Å². The molecule has 0 saturated heterocycles. The van der Waals surface area contributed by atoms with E-state index < -0.39 is 48.3 Å². The predicted octanol–water partition coefficient (Wildman–Crippen LogP) is 13.3. The Morgan fingerprint density at radius 2 is 0.705 bits per heavy atom. The SMILES string of the molecule is CC1=C(CCC(=O)O)c2cc3[nH]c(cc4nc(cc5[nH]c(cc1n2)c(C)c5C(C)OC(C)C1=C(C)c2cc5[nH]c(cc6nc(cc7[nH]c(cc1n2)c(C)c7CCC(=O)O)C(CCC(=O)O)=C6C)c(C)c5C(C)O)C(C)=C4C(C)O)c(C)c3CCC(=O)O.[Zn]. The molecule has 10 N–H and O–H groups in total. The molecule has 0 radical (unpaired) electrons. The Labute approximate surface area is 521 Å². The standard InChI is InChI=1S/C68H74N8O11.Zn/c1-29-41(13-17-61(79)80)53-28-56-44(16-20-64(85)86)32(4)48(72-56)24-59-68(36(8)52(76-59)25-58-65(37(9)77)33(5)49(73-58)21-45(29)69-53)40(12)87-39(11)67-35(7)50-22-46-30(2)42(14-18-62(81)82)54(70-46)27-55-43(15-19-63(83)84)31(3)47(71-55)23-57-66(38(10)78)34(6)51(74-57)26-60(67)75-50;/h21-28,37-40,71-73,75,77-78H,13-20H2,1-12H3,(H,79,80)(H,81,82)(H,83,84)(H,85,86);. The maximum Gasteiger partial charge on any atom is 0.303 e. The van der Waals surface area contributed by atoms with E-state index in [2.05, 4.69) is 19.9 Å². The van der Waals surface area contributed by atoms with Gasteiger partial charge < -0.3 is 55.3 Å². The normalized spacial score (nSPS) is 14.8. The molecule has 454 valence electrons. The summed E-state index contributed by atoms with van der Waals surface area (Å²) >= 11 is 0. The Morgan fingerprint density at radius 3 is 1.12 bits per heavy atom. The van der Waals surface area contributed by atoms with Gasteiger partial charge in [0.15, 0.2) is 0 Å². The fraction of sp³-hybridized carbons (Fsp3) is 0.353. The van der Waals surface area contributed by atoms with E-state index in [0.717, 1.165) is 78.0 Å². The van der Waals surface area contributed by atoms with Crippen LogP contribution in [0.1, 0.15) is 196 Å². The number of nitrogens with one attached hydrogen (secondary N) is 4. The minimum absolute atomic E-state index is 0. The van der Waals surface area contributed by atoms with Gasteiger partial charge in [-0.05, 0) is 224 Å². The third-order valence-corrected chi connectivity index (χ3v) is 17.7. The van der Waals surface area contributed by atoms with Gasteiger partial charge in [-0.15, -0.1) is 0 Å². The minimum atomic E-state index is -0.958. The van der Waals surface area contributed by atoms with Gasteiger partial charge in [0.05, 0.1) is 70.0 Å². The molecule has 0 amide bonds. The van der Waals surface area contributed by atoms with Crippen LogP contribution in [0.5, 0.6) is 0 Å². The molecule has 0 aromatic carbocycles. The molecule has 0 aliphatic carbocycles. The van der Waals surface area contributed by atoms with Crippen LogP contribution in [0.25, 0.3) is 88.7 Å². The second kappa shape index (κ2) is 25.4. The van der Waals surface area contributed by atoms with Crippen LogP contribution in [0, 0.1) is 27.7 Å². The average molecular weight is 1240 g/mol. The van der Waals surface area contributed by atoms with Crippen LogP contribution in [0.3, 0.4) is 0 Å². The maximum absolute atomic E-state index is 12.2. The number of hydrogen-bond donors (Lipinski definition) is 10. The Balaban J connectivity index is 0.00000922. The number of aryl methyl sites for hydroxylation is 6. The Morgan fingerprint density at radius 1 is 0.386 bits per heavy atom. The van der Waals surface area contributed by atoms with Crippen LogP contribution in [0.15, 0.2) is 48.5 Å². The smallest absolute Gasteiger partial charge is 0.303 e. The Kier molecular flexibility index (Phi) is 18.5. The molecule has 4 atom stereocenters. The first kappa shape index (κ1) is 64.1. The van der Waals surface area contributed by atoms with E-state index in [1.165, 1.54) is 0 Å². The number of aromatic nitrogens is 8. The monoisotopic (exact) mass is 1240 g/mol. The van der Waals surface area contributed by atoms with Crippen molar-refractivity contribution in [3.05, 3.63) is 139 Å². The summed E-state index contributed by atoms with van der Waals surface area (Å²) in [5.74, 6) is -3.81. The van der Waals surface area contributed by atoms with Gasteiger partial charge in [-0.1, -0.05) is 0 Å². The number of aliphatic carboxylic acids is 4. The third-order valence-electron chi connectivity index (χ3n) is 17.7. The van der Waals surface area contributed by atoms with Crippen LogP contribution >= 0.6 is 0 Å². The van der Waals surface area contributed by atoms with Crippen molar-refractivity contribution in [3.8, 4) is 0 Å². The summed E-state index contributed by atoms with van der Waals surface area (Å²) in [4.78, 5) is 83.2. The number of rotatable bonds is 18. The summed E-state index contributed by atoms with van der Waals surface area (Å²) in [5, 5.41) is 62.2. The number of carboxylic acid groups (broad SMARTS) is 4. The number of allylic oxidation sites excluding steroid dienone is 6. The van der Waals surface area contributed by atoms with E-state index in [1.54, 1.807) is 13.8 Å². The molecular weight excluding hydrogens is 1170 g/mol.